The van der Waals surface area contributed by atoms with Gasteiger partial charge in [0, 0.05) is 34.9 Å². The number of rotatable bonds is 8. The van der Waals surface area contributed by atoms with Crippen molar-refractivity contribution in [3.8, 4) is 28.0 Å². The lowest BCUT2D eigenvalue weighted by molar-refractivity contribution is -0.136. The van der Waals surface area contributed by atoms with Crippen LogP contribution in [0.2, 0.25) is 0 Å². The molecule has 0 saturated carbocycles. The summed E-state index contributed by atoms with van der Waals surface area (Å²) in [5, 5.41) is 10.4. The fourth-order valence-electron chi connectivity index (χ4n) is 4.37. The number of aromatic nitrogens is 1. The first-order chi connectivity index (χ1) is 17.5. The second-order valence-corrected chi connectivity index (χ2v) is 8.75. The summed E-state index contributed by atoms with van der Waals surface area (Å²) in [4.78, 5) is 15.7. The van der Waals surface area contributed by atoms with Gasteiger partial charge in [0.2, 0.25) is 0 Å². The smallest absolute Gasteiger partial charge is 0.307 e. The topological polar surface area (TPSA) is 98.6 Å². The van der Waals surface area contributed by atoms with Crippen LogP contribution in [0.15, 0.2) is 89.7 Å². The molecule has 5 aromatic rings. The number of pyridine rings is 1. The molecule has 3 N–H and O–H groups in total. The highest BCUT2D eigenvalue weighted by atomic mass is 16.5. The second-order valence-electron chi connectivity index (χ2n) is 8.75. The van der Waals surface area contributed by atoms with Gasteiger partial charge in [0.15, 0.2) is 0 Å². The summed E-state index contributed by atoms with van der Waals surface area (Å²) >= 11 is 0. The summed E-state index contributed by atoms with van der Waals surface area (Å²) in [5.74, 6) is -0.363. The molecule has 5 rings (SSSR count). The number of nitrogens with zero attached hydrogens (tertiary/aromatic N) is 1. The monoisotopic (exact) mass is 478 g/mol. The zero-order valence-corrected chi connectivity index (χ0v) is 19.9. The van der Waals surface area contributed by atoms with Crippen LogP contribution in [0.3, 0.4) is 0 Å². The Morgan fingerprint density at radius 1 is 0.972 bits per heavy atom. The average molecular weight is 479 g/mol. The van der Waals surface area contributed by atoms with Gasteiger partial charge in [-0.25, -0.2) is 0 Å². The average Bonchev–Trinajstić information content (AvgIpc) is 3.36. The Balaban J connectivity index is 1.50. The minimum Gasteiger partial charge on any atom is -0.489 e. The summed E-state index contributed by atoms with van der Waals surface area (Å²) in [5.41, 5.74) is 14.1. The van der Waals surface area contributed by atoms with Crippen LogP contribution in [0.25, 0.3) is 33.2 Å². The van der Waals surface area contributed by atoms with Crippen LogP contribution in [0.4, 0.5) is 0 Å². The predicted octanol–water partition coefficient (Wildman–Crippen LogP) is 6.14. The van der Waals surface area contributed by atoms with E-state index in [9.17, 15) is 9.90 Å². The molecule has 2 heterocycles. The van der Waals surface area contributed by atoms with Crippen molar-refractivity contribution in [2.24, 2.45) is 5.73 Å². The zero-order valence-electron chi connectivity index (χ0n) is 19.9. The molecule has 0 atom stereocenters. The van der Waals surface area contributed by atoms with E-state index in [0.717, 1.165) is 50.0 Å². The van der Waals surface area contributed by atoms with Crippen LogP contribution < -0.4 is 10.5 Å². The van der Waals surface area contributed by atoms with Crippen LogP contribution in [0.5, 0.6) is 5.75 Å². The molecule has 2 aromatic heterocycles. The Labute approximate surface area is 209 Å². The number of furan rings is 1. The van der Waals surface area contributed by atoms with Crippen LogP contribution in [0, 0.1) is 6.92 Å². The minimum atomic E-state index is -0.908. The van der Waals surface area contributed by atoms with Gasteiger partial charge in [0.1, 0.15) is 17.9 Å². The Morgan fingerprint density at radius 3 is 2.64 bits per heavy atom. The first-order valence-corrected chi connectivity index (χ1v) is 11.7. The molecule has 0 spiro atoms. The van der Waals surface area contributed by atoms with Gasteiger partial charge in [-0.2, -0.15) is 0 Å². The van der Waals surface area contributed by atoms with Crippen molar-refractivity contribution in [2.75, 3.05) is 0 Å². The third kappa shape index (κ3) is 4.99. The zero-order chi connectivity index (χ0) is 25.1. The highest BCUT2D eigenvalue weighted by molar-refractivity contribution is 5.93. The second kappa shape index (κ2) is 10.1. The number of fused-ring (bicyclic) bond motifs is 1. The van der Waals surface area contributed by atoms with E-state index >= 15 is 0 Å². The number of ether oxygens (including phenoxy) is 1. The lowest BCUT2D eigenvalue weighted by atomic mass is 9.99. The third-order valence-electron chi connectivity index (χ3n) is 6.12. The molecular formula is C30H26N2O4. The number of nitrogens with two attached hydrogens (primary N) is 1. The number of carbonyl (C=O) groups is 1. The fraction of sp³-hybridized carbons (Fsp3) is 0.133. The number of carboxylic acids is 1. The molecule has 180 valence electrons. The lowest BCUT2D eigenvalue weighted by Gasteiger charge is -2.14. The van der Waals surface area contributed by atoms with Gasteiger partial charge < -0.3 is 20.0 Å². The number of aryl methyl sites for hydroxylation is 1. The van der Waals surface area contributed by atoms with Crippen molar-refractivity contribution in [2.45, 2.75) is 26.5 Å². The van der Waals surface area contributed by atoms with E-state index in [0.29, 0.717) is 17.9 Å². The Morgan fingerprint density at radius 2 is 1.83 bits per heavy atom. The van der Waals surface area contributed by atoms with Gasteiger partial charge >= 0.3 is 5.97 Å². The Bertz CT molecular complexity index is 1550. The van der Waals surface area contributed by atoms with Crippen molar-refractivity contribution < 1.29 is 19.1 Å². The number of aliphatic carboxylic acids is 1. The normalized spacial score (nSPS) is 11.1. The standard InChI is InChI=1S/C30H26N2O4/c1-19-11-23(7-9-32-19)22-5-6-25(16-29(33)34)28(15-22)36-18-21-13-26-8-10-35-30(26)27(14-21)24-4-2-3-20(12-24)17-31/h2-15H,16-18,31H2,1H3,(H,33,34). The van der Waals surface area contributed by atoms with E-state index in [2.05, 4.69) is 17.1 Å². The maximum atomic E-state index is 11.5. The molecule has 6 nitrogen and oxygen atoms in total. The van der Waals surface area contributed by atoms with Crippen molar-refractivity contribution in [1.29, 1.82) is 0 Å². The summed E-state index contributed by atoms with van der Waals surface area (Å²) in [6.45, 7) is 2.67. The Kier molecular flexibility index (Phi) is 6.52. The van der Waals surface area contributed by atoms with E-state index in [1.165, 1.54) is 0 Å². The molecule has 3 aromatic carbocycles. The van der Waals surface area contributed by atoms with Crippen LogP contribution in [-0.2, 0) is 24.4 Å². The summed E-state index contributed by atoms with van der Waals surface area (Å²) in [7, 11) is 0. The molecular weight excluding hydrogens is 452 g/mol. The maximum absolute atomic E-state index is 11.5. The van der Waals surface area contributed by atoms with Gasteiger partial charge in [-0.15, -0.1) is 0 Å². The number of carboxylic acid groups (broad SMARTS) is 1. The number of hydrogen-bond donors (Lipinski definition) is 2. The van der Waals surface area contributed by atoms with Crippen molar-refractivity contribution in [3.63, 3.8) is 0 Å². The molecule has 0 unspecified atom stereocenters. The SMILES string of the molecule is Cc1cc(-c2ccc(CC(=O)O)c(OCc3cc(-c4cccc(CN)c4)c4occc4c3)c2)ccn1. The van der Waals surface area contributed by atoms with Gasteiger partial charge in [-0.1, -0.05) is 30.3 Å². The van der Waals surface area contributed by atoms with E-state index in [4.69, 9.17) is 14.9 Å². The Hall–Kier alpha value is -4.42. The van der Waals surface area contributed by atoms with E-state index in [1.54, 1.807) is 12.5 Å². The minimum absolute atomic E-state index is 0.122. The molecule has 0 aliphatic carbocycles. The number of benzene rings is 3. The van der Waals surface area contributed by atoms with Gasteiger partial charge in [-0.3, -0.25) is 9.78 Å². The first-order valence-electron chi connectivity index (χ1n) is 11.7. The quantitative estimate of drug-likeness (QED) is 0.278. The molecule has 0 fully saturated rings. The predicted molar refractivity (Wildman–Crippen MR) is 140 cm³/mol. The largest absolute Gasteiger partial charge is 0.489 e. The van der Waals surface area contributed by atoms with Crippen LogP contribution in [-0.4, -0.2) is 16.1 Å². The number of hydrogen-bond acceptors (Lipinski definition) is 5. The molecule has 0 aliphatic rings. The molecule has 0 radical (unpaired) electrons. The van der Waals surface area contributed by atoms with Crippen molar-refractivity contribution >= 4 is 16.9 Å². The summed E-state index contributed by atoms with van der Waals surface area (Å²) in [6, 6.07) is 23.6. The van der Waals surface area contributed by atoms with Crippen molar-refractivity contribution in [1.82, 2.24) is 4.98 Å². The third-order valence-corrected chi connectivity index (χ3v) is 6.12. The van der Waals surface area contributed by atoms with Crippen LogP contribution in [0.1, 0.15) is 22.4 Å². The van der Waals surface area contributed by atoms with Crippen molar-refractivity contribution in [3.05, 3.63) is 108 Å². The first kappa shape index (κ1) is 23.3. The highest BCUT2D eigenvalue weighted by Crippen LogP contribution is 2.33. The molecule has 36 heavy (non-hydrogen) atoms. The van der Waals surface area contributed by atoms with E-state index < -0.39 is 5.97 Å². The maximum Gasteiger partial charge on any atom is 0.307 e. The van der Waals surface area contributed by atoms with Crippen LogP contribution >= 0.6 is 0 Å². The lowest BCUT2D eigenvalue weighted by Crippen LogP contribution is -2.05. The van der Waals surface area contributed by atoms with E-state index in [-0.39, 0.29) is 13.0 Å². The van der Waals surface area contributed by atoms with Gasteiger partial charge in [-0.05, 0) is 77.2 Å². The molecule has 0 amide bonds. The molecule has 0 aliphatic heterocycles. The van der Waals surface area contributed by atoms with E-state index in [1.807, 2.05) is 67.6 Å². The van der Waals surface area contributed by atoms with Gasteiger partial charge in [0.25, 0.3) is 0 Å². The molecule has 0 bridgehead atoms. The molecule has 6 heteroatoms. The fourth-order valence-corrected chi connectivity index (χ4v) is 4.37. The molecule has 0 saturated heterocycles. The summed E-state index contributed by atoms with van der Waals surface area (Å²) < 4.78 is 12.0. The highest BCUT2D eigenvalue weighted by Gasteiger charge is 2.14. The summed E-state index contributed by atoms with van der Waals surface area (Å²) in [6.07, 6.45) is 3.32. The van der Waals surface area contributed by atoms with Gasteiger partial charge in [0.05, 0.1) is 12.7 Å².